The van der Waals surface area contributed by atoms with E-state index in [9.17, 15) is 0 Å². The Kier molecular flexibility index (Phi) is 5.15. The molecule has 1 rings (SSSR count). The number of nitrogens with two attached hydrogens (primary N) is 1. The molecule has 0 unspecified atom stereocenters. The van der Waals surface area contributed by atoms with Gasteiger partial charge in [-0.1, -0.05) is 18.2 Å². The van der Waals surface area contributed by atoms with E-state index in [1.165, 1.54) is 0 Å². The van der Waals surface area contributed by atoms with E-state index in [-0.39, 0.29) is 0 Å². The highest BCUT2D eigenvalue weighted by molar-refractivity contribution is 6.29. The molecular formula is C12H18ClN3. The summed E-state index contributed by atoms with van der Waals surface area (Å²) in [5.41, 5.74) is 8.45. The third-order valence-electron chi connectivity index (χ3n) is 2.18. The minimum absolute atomic E-state index is 0.606. The van der Waals surface area contributed by atoms with E-state index in [0.717, 1.165) is 35.1 Å². The monoisotopic (exact) mass is 239 g/mol. The van der Waals surface area contributed by atoms with Crippen LogP contribution in [0.25, 0.3) is 0 Å². The fourth-order valence-corrected chi connectivity index (χ4v) is 1.47. The fourth-order valence-electron chi connectivity index (χ4n) is 1.41. The van der Waals surface area contributed by atoms with Crippen molar-refractivity contribution < 1.29 is 0 Å². The highest BCUT2D eigenvalue weighted by atomic mass is 35.5. The molecule has 1 aliphatic rings. The zero-order valence-corrected chi connectivity index (χ0v) is 10.3. The molecular weight excluding hydrogens is 222 g/mol. The molecule has 0 radical (unpaired) electrons. The number of halogens is 1. The number of hydrogen-bond acceptors (Lipinski definition) is 3. The molecule has 88 valence electrons. The first-order valence-corrected chi connectivity index (χ1v) is 5.64. The van der Waals surface area contributed by atoms with E-state index in [1.54, 1.807) is 0 Å². The molecule has 0 spiro atoms. The zero-order chi connectivity index (χ0) is 12.0. The van der Waals surface area contributed by atoms with Crippen molar-refractivity contribution >= 4 is 11.6 Å². The van der Waals surface area contributed by atoms with Crippen molar-refractivity contribution in [2.75, 3.05) is 19.6 Å². The standard InChI is InChI=1S/C12H18ClN3/c1-9(13)3-4-11-10(2)15-7-5-12(11)16-8-6-14/h3-5,15-16H,2,6-8,14H2,1H3/b9-3+,11-4+. The number of rotatable bonds is 4. The van der Waals surface area contributed by atoms with E-state index in [4.69, 9.17) is 17.3 Å². The number of nitrogens with one attached hydrogen (secondary N) is 2. The first-order chi connectivity index (χ1) is 7.65. The minimum Gasteiger partial charge on any atom is -0.383 e. The second kappa shape index (κ2) is 6.40. The van der Waals surface area contributed by atoms with Gasteiger partial charge in [-0.05, 0) is 25.2 Å². The molecule has 3 nitrogen and oxygen atoms in total. The van der Waals surface area contributed by atoms with Crippen molar-refractivity contribution in [2.24, 2.45) is 5.73 Å². The van der Waals surface area contributed by atoms with Crippen molar-refractivity contribution in [1.29, 1.82) is 0 Å². The lowest BCUT2D eigenvalue weighted by molar-refractivity contribution is 0.769. The average molecular weight is 240 g/mol. The van der Waals surface area contributed by atoms with Gasteiger partial charge < -0.3 is 16.4 Å². The van der Waals surface area contributed by atoms with Gasteiger partial charge in [-0.25, -0.2) is 0 Å². The summed E-state index contributed by atoms with van der Waals surface area (Å²) in [6.07, 6.45) is 5.88. The van der Waals surface area contributed by atoms with E-state index >= 15 is 0 Å². The normalized spacial score (nSPS) is 19.4. The molecule has 4 N–H and O–H groups in total. The van der Waals surface area contributed by atoms with Crippen molar-refractivity contribution in [3.05, 3.63) is 46.8 Å². The molecule has 0 aliphatic carbocycles. The van der Waals surface area contributed by atoms with Crippen molar-refractivity contribution in [1.82, 2.24) is 10.6 Å². The van der Waals surface area contributed by atoms with Crippen LogP contribution in [-0.2, 0) is 0 Å². The van der Waals surface area contributed by atoms with E-state index < -0.39 is 0 Å². The number of allylic oxidation sites excluding steroid dienone is 3. The summed E-state index contributed by atoms with van der Waals surface area (Å²) in [6, 6.07) is 0. The average Bonchev–Trinajstić information content (AvgIpc) is 2.24. The van der Waals surface area contributed by atoms with Crippen LogP contribution in [0.2, 0.25) is 0 Å². The smallest absolute Gasteiger partial charge is 0.0412 e. The van der Waals surface area contributed by atoms with E-state index in [1.807, 2.05) is 19.1 Å². The zero-order valence-electron chi connectivity index (χ0n) is 9.52. The Morgan fingerprint density at radius 2 is 2.50 bits per heavy atom. The molecule has 0 aromatic carbocycles. The van der Waals surface area contributed by atoms with Crippen LogP contribution in [0.3, 0.4) is 0 Å². The van der Waals surface area contributed by atoms with Crippen molar-refractivity contribution in [3.8, 4) is 0 Å². The molecule has 0 bridgehead atoms. The molecule has 4 heteroatoms. The van der Waals surface area contributed by atoms with Gasteiger partial charge in [0.25, 0.3) is 0 Å². The summed E-state index contributed by atoms with van der Waals surface area (Å²) < 4.78 is 0. The molecule has 0 saturated heterocycles. The molecule has 1 heterocycles. The molecule has 0 amide bonds. The van der Waals surface area contributed by atoms with Gasteiger partial charge in [0.05, 0.1) is 0 Å². The Balaban J connectivity index is 2.86. The molecule has 0 saturated carbocycles. The van der Waals surface area contributed by atoms with Crippen LogP contribution in [0, 0.1) is 0 Å². The van der Waals surface area contributed by atoms with Crippen LogP contribution >= 0.6 is 11.6 Å². The van der Waals surface area contributed by atoms with Crippen molar-refractivity contribution in [3.63, 3.8) is 0 Å². The topological polar surface area (TPSA) is 50.1 Å². The van der Waals surface area contributed by atoms with Gasteiger partial charge in [-0.2, -0.15) is 0 Å². The lowest BCUT2D eigenvalue weighted by Crippen LogP contribution is -2.29. The SMILES string of the molecule is C=C1NCC=C(NCCN)/C1=C/C=C(\C)Cl. The molecule has 0 aromatic rings. The Labute approximate surface area is 102 Å². The van der Waals surface area contributed by atoms with Gasteiger partial charge in [0.15, 0.2) is 0 Å². The molecule has 0 atom stereocenters. The van der Waals surface area contributed by atoms with Gasteiger partial charge in [0.1, 0.15) is 0 Å². The summed E-state index contributed by atoms with van der Waals surface area (Å²) in [6.45, 7) is 7.95. The lowest BCUT2D eigenvalue weighted by atomic mass is 10.1. The summed E-state index contributed by atoms with van der Waals surface area (Å²) in [4.78, 5) is 0. The summed E-state index contributed by atoms with van der Waals surface area (Å²) in [5.74, 6) is 0. The van der Waals surface area contributed by atoms with Crippen LogP contribution in [-0.4, -0.2) is 19.6 Å². The van der Waals surface area contributed by atoms with Crippen LogP contribution in [0.15, 0.2) is 46.8 Å². The molecule has 0 aromatic heterocycles. The van der Waals surface area contributed by atoms with Gasteiger partial charge in [-0.3, -0.25) is 0 Å². The predicted molar refractivity (Wildman–Crippen MR) is 70.0 cm³/mol. The second-order valence-corrected chi connectivity index (χ2v) is 4.12. The Morgan fingerprint density at radius 3 is 3.12 bits per heavy atom. The molecule has 16 heavy (non-hydrogen) atoms. The Bertz CT molecular complexity index is 349. The summed E-state index contributed by atoms with van der Waals surface area (Å²) in [5, 5.41) is 7.19. The summed E-state index contributed by atoms with van der Waals surface area (Å²) in [7, 11) is 0. The van der Waals surface area contributed by atoms with Crippen LogP contribution in [0.5, 0.6) is 0 Å². The Hall–Kier alpha value is -1.19. The largest absolute Gasteiger partial charge is 0.383 e. The van der Waals surface area contributed by atoms with Crippen LogP contribution in [0.4, 0.5) is 0 Å². The first-order valence-electron chi connectivity index (χ1n) is 5.27. The maximum atomic E-state index is 5.80. The van der Waals surface area contributed by atoms with Crippen molar-refractivity contribution in [2.45, 2.75) is 6.92 Å². The van der Waals surface area contributed by atoms with Gasteiger partial charge in [0, 0.05) is 41.6 Å². The number of hydrogen-bond donors (Lipinski definition) is 3. The van der Waals surface area contributed by atoms with E-state index in [0.29, 0.717) is 6.54 Å². The fraction of sp³-hybridized carbons (Fsp3) is 0.333. The maximum Gasteiger partial charge on any atom is 0.0412 e. The molecule has 1 aliphatic heterocycles. The quantitative estimate of drug-likeness (QED) is 0.699. The minimum atomic E-state index is 0.606. The predicted octanol–water partition coefficient (Wildman–Crippen LogP) is 1.60. The highest BCUT2D eigenvalue weighted by Gasteiger charge is 2.11. The Morgan fingerprint density at radius 1 is 1.75 bits per heavy atom. The second-order valence-electron chi connectivity index (χ2n) is 3.53. The van der Waals surface area contributed by atoms with Crippen LogP contribution in [0.1, 0.15) is 6.92 Å². The maximum absolute atomic E-state index is 5.80. The third kappa shape index (κ3) is 3.76. The highest BCUT2D eigenvalue weighted by Crippen LogP contribution is 2.18. The van der Waals surface area contributed by atoms with E-state index in [2.05, 4.69) is 23.3 Å². The first kappa shape index (κ1) is 12.9. The summed E-state index contributed by atoms with van der Waals surface area (Å²) >= 11 is 5.80. The van der Waals surface area contributed by atoms with Crippen LogP contribution < -0.4 is 16.4 Å². The third-order valence-corrected chi connectivity index (χ3v) is 2.30. The van der Waals surface area contributed by atoms with Gasteiger partial charge in [-0.15, -0.1) is 0 Å². The van der Waals surface area contributed by atoms with Gasteiger partial charge in [0.2, 0.25) is 0 Å². The van der Waals surface area contributed by atoms with Gasteiger partial charge >= 0.3 is 0 Å². The lowest BCUT2D eigenvalue weighted by Gasteiger charge is -2.22. The molecule has 0 fully saturated rings.